The Morgan fingerprint density at radius 3 is 1.67 bits per heavy atom. The highest BCUT2D eigenvalue weighted by Crippen LogP contribution is 1.61. The van der Waals surface area contributed by atoms with Crippen LogP contribution in [0.15, 0.2) is 0 Å². The van der Waals surface area contributed by atoms with Crippen molar-refractivity contribution >= 4 is 5.97 Å². The highest BCUT2D eigenvalue weighted by Gasteiger charge is 1.65. The van der Waals surface area contributed by atoms with E-state index in [1.54, 1.807) is 0 Å². The van der Waals surface area contributed by atoms with Crippen molar-refractivity contribution in [2.75, 3.05) is 6.61 Å². The van der Waals surface area contributed by atoms with Crippen LogP contribution in [0.1, 0.15) is 20.3 Å². The zero-order valence-corrected chi connectivity index (χ0v) is 5.92. The van der Waals surface area contributed by atoms with Gasteiger partial charge in [-0.15, -0.1) is 0 Å². The summed E-state index contributed by atoms with van der Waals surface area (Å²) in [5.74, 6) is -0.833. The molecule has 0 atom stereocenters. The number of aliphatic carboxylic acids is 1. The zero-order chi connectivity index (χ0) is 6.99. The van der Waals surface area contributed by atoms with Crippen LogP contribution in [-0.4, -0.2) is 22.8 Å². The highest BCUT2D eigenvalue weighted by molar-refractivity contribution is 5.62. The van der Waals surface area contributed by atoms with Crippen LogP contribution >= 0.6 is 0 Å². The molecule has 0 rings (SSSR count). The largest absolute Gasteiger partial charge is 0.481 e. The van der Waals surface area contributed by atoms with Gasteiger partial charge < -0.3 is 16.4 Å². The van der Waals surface area contributed by atoms with Crippen LogP contribution in [0, 0.1) is 0 Å². The van der Waals surface area contributed by atoms with Crippen molar-refractivity contribution in [1.82, 2.24) is 6.15 Å². The van der Waals surface area contributed by atoms with Crippen LogP contribution < -0.4 is 6.15 Å². The second-order valence-electron chi connectivity index (χ2n) is 1.24. The molecule has 4 nitrogen and oxygen atoms in total. The molecule has 0 bridgehead atoms. The fourth-order valence-electron chi connectivity index (χ4n) is 0. The Kier molecular flexibility index (Phi) is 27.4. The molecule has 0 aliphatic heterocycles. The molecule has 0 spiro atoms. The predicted molar refractivity (Wildman–Crippen MR) is 35.7 cm³/mol. The van der Waals surface area contributed by atoms with Gasteiger partial charge in [0.1, 0.15) is 0 Å². The van der Waals surface area contributed by atoms with Crippen LogP contribution in [0.4, 0.5) is 0 Å². The molecule has 0 aromatic carbocycles. The lowest BCUT2D eigenvalue weighted by Crippen LogP contribution is -1.78. The van der Waals surface area contributed by atoms with Gasteiger partial charge in [0, 0.05) is 13.5 Å². The number of hydrogen-bond acceptors (Lipinski definition) is 3. The monoisotopic (exact) mass is 137 g/mol. The van der Waals surface area contributed by atoms with E-state index in [0.717, 1.165) is 13.3 Å². The van der Waals surface area contributed by atoms with Crippen molar-refractivity contribution in [3.8, 4) is 0 Å². The predicted octanol–water partition coefficient (Wildman–Crippen LogP) is 0.642. The third-order valence-corrected chi connectivity index (χ3v) is 0.224. The van der Waals surface area contributed by atoms with E-state index >= 15 is 0 Å². The van der Waals surface area contributed by atoms with Crippen molar-refractivity contribution in [3.63, 3.8) is 0 Å². The molecule has 0 amide bonds. The zero-order valence-electron chi connectivity index (χ0n) is 5.92. The SMILES string of the molecule is CC(=O)O.CCCO.N. The van der Waals surface area contributed by atoms with Crippen molar-refractivity contribution in [3.05, 3.63) is 0 Å². The smallest absolute Gasteiger partial charge is 0.300 e. The lowest BCUT2D eigenvalue weighted by Gasteiger charge is -1.69. The van der Waals surface area contributed by atoms with Crippen molar-refractivity contribution in [2.45, 2.75) is 20.3 Å². The maximum atomic E-state index is 9.00. The molecular weight excluding hydrogens is 122 g/mol. The number of carboxylic acids is 1. The Bertz CT molecular complexity index is 50.2. The summed E-state index contributed by atoms with van der Waals surface area (Å²) in [4.78, 5) is 9.00. The van der Waals surface area contributed by atoms with Gasteiger partial charge in [0.15, 0.2) is 0 Å². The molecule has 5 N–H and O–H groups in total. The second kappa shape index (κ2) is 15.7. The van der Waals surface area contributed by atoms with E-state index in [1.807, 2.05) is 6.92 Å². The van der Waals surface area contributed by atoms with E-state index in [4.69, 9.17) is 15.0 Å². The summed E-state index contributed by atoms with van der Waals surface area (Å²) in [5.41, 5.74) is 0. The average Bonchev–Trinajstić information content (AvgIpc) is 1.65. The van der Waals surface area contributed by atoms with Crippen LogP contribution in [0.5, 0.6) is 0 Å². The second-order valence-corrected chi connectivity index (χ2v) is 1.24. The minimum absolute atomic E-state index is 0. The van der Waals surface area contributed by atoms with Gasteiger partial charge in [0.05, 0.1) is 0 Å². The standard InChI is InChI=1S/C3H8O.C2H4O2.H3N/c1-2-3-4;1-2(3)4;/h4H,2-3H2,1H3;1H3,(H,3,4);1H3. The Hall–Kier alpha value is -0.610. The van der Waals surface area contributed by atoms with E-state index < -0.39 is 5.97 Å². The van der Waals surface area contributed by atoms with Crippen LogP contribution in [0.25, 0.3) is 0 Å². The van der Waals surface area contributed by atoms with Gasteiger partial charge in [-0.1, -0.05) is 6.92 Å². The Morgan fingerprint density at radius 1 is 1.56 bits per heavy atom. The van der Waals surface area contributed by atoms with E-state index in [0.29, 0.717) is 6.61 Å². The van der Waals surface area contributed by atoms with Gasteiger partial charge in [-0.25, -0.2) is 0 Å². The van der Waals surface area contributed by atoms with Crippen LogP contribution in [-0.2, 0) is 4.79 Å². The number of carboxylic acid groups (broad SMARTS) is 1. The summed E-state index contributed by atoms with van der Waals surface area (Å²) < 4.78 is 0. The number of hydrogen-bond donors (Lipinski definition) is 3. The molecule has 0 saturated carbocycles. The van der Waals surface area contributed by atoms with Gasteiger partial charge in [-0.2, -0.15) is 0 Å². The van der Waals surface area contributed by atoms with E-state index in [1.165, 1.54) is 0 Å². The quantitative estimate of drug-likeness (QED) is 0.494. The summed E-state index contributed by atoms with van der Waals surface area (Å²) in [6.45, 7) is 3.33. The minimum Gasteiger partial charge on any atom is -0.481 e. The molecule has 58 valence electrons. The molecule has 0 aromatic heterocycles. The molecule has 0 heterocycles. The molecule has 0 aliphatic rings. The molecular formula is C5H15NO3. The summed E-state index contributed by atoms with van der Waals surface area (Å²) in [5, 5.41) is 15.3. The first-order chi connectivity index (χ1) is 3.65. The number of rotatable bonds is 1. The molecule has 0 radical (unpaired) electrons. The summed E-state index contributed by atoms with van der Waals surface area (Å²) >= 11 is 0. The van der Waals surface area contributed by atoms with Gasteiger partial charge in [0.2, 0.25) is 0 Å². The van der Waals surface area contributed by atoms with Crippen molar-refractivity contribution in [1.29, 1.82) is 0 Å². The van der Waals surface area contributed by atoms with Gasteiger partial charge in [0.25, 0.3) is 5.97 Å². The Labute approximate surface area is 55.1 Å². The van der Waals surface area contributed by atoms with E-state index in [9.17, 15) is 0 Å². The van der Waals surface area contributed by atoms with E-state index in [-0.39, 0.29) is 6.15 Å². The average molecular weight is 137 g/mol. The first kappa shape index (κ1) is 15.8. The maximum Gasteiger partial charge on any atom is 0.300 e. The van der Waals surface area contributed by atoms with Crippen molar-refractivity contribution < 1.29 is 15.0 Å². The summed E-state index contributed by atoms with van der Waals surface area (Å²) in [6, 6.07) is 0. The molecule has 0 saturated heterocycles. The molecule has 9 heavy (non-hydrogen) atoms. The Balaban J connectivity index is -0.0000000720. The number of aliphatic hydroxyl groups excluding tert-OH is 1. The molecule has 0 aliphatic carbocycles. The third-order valence-electron chi connectivity index (χ3n) is 0.224. The van der Waals surface area contributed by atoms with E-state index in [2.05, 4.69) is 0 Å². The van der Waals surface area contributed by atoms with Crippen LogP contribution in [0.3, 0.4) is 0 Å². The van der Waals surface area contributed by atoms with Gasteiger partial charge in [-0.05, 0) is 6.42 Å². The third kappa shape index (κ3) is 1410. The number of aliphatic hydroxyl groups is 1. The summed E-state index contributed by atoms with van der Waals surface area (Å²) in [7, 11) is 0. The van der Waals surface area contributed by atoms with Crippen LogP contribution in [0.2, 0.25) is 0 Å². The fraction of sp³-hybridized carbons (Fsp3) is 0.800. The molecule has 0 unspecified atom stereocenters. The first-order valence-electron chi connectivity index (χ1n) is 2.45. The summed E-state index contributed by atoms with van der Waals surface area (Å²) in [6.07, 6.45) is 0.875. The Morgan fingerprint density at radius 2 is 1.67 bits per heavy atom. The fourth-order valence-corrected chi connectivity index (χ4v) is 0. The van der Waals surface area contributed by atoms with Gasteiger partial charge in [-0.3, -0.25) is 4.79 Å². The normalized spacial score (nSPS) is 6.11. The topological polar surface area (TPSA) is 92.5 Å². The molecule has 4 heteroatoms. The number of carbonyl (C=O) groups is 1. The highest BCUT2D eigenvalue weighted by atomic mass is 16.4. The van der Waals surface area contributed by atoms with Gasteiger partial charge >= 0.3 is 0 Å². The lowest BCUT2D eigenvalue weighted by molar-refractivity contribution is -0.134. The molecule has 0 fully saturated rings. The van der Waals surface area contributed by atoms with Crippen molar-refractivity contribution in [2.24, 2.45) is 0 Å². The molecule has 0 aromatic rings. The maximum absolute atomic E-state index is 9.00. The minimum atomic E-state index is -0.833. The first-order valence-corrected chi connectivity index (χ1v) is 2.45. The lowest BCUT2D eigenvalue weighted by atomic mass is 10.5.